The van der Waals surface area contributed by atoms with Crippen molar-refractivity contribution in [2.24, 2.45) is 0 Å². The quantitative estimate of drug-likeness (QED) is 0.263. The van der Waals surface area contributed by atoms with Crippen LogP contribution in [0.25, 0.3) is 55.2 Å². The van der Waals surface area contributed by atoms with E-state index in [1.54, 1.807) is 6.33 Å². The highest BCUT2D eigenvalue weighted by molar-refractivity contribution is 6.08. The molecule has 4 heteroatoms. The van der Waals surface area contributed by atoms with E-state index in [1.165, 1.54) is 10.9 Å². The molecule has 0 spiro atoms. The van der Waals surface area contributed by atoms with E-state index >= 15 is 0 Å². The van der Waals surface area contributed by atoms with Gasteiger partial charge >= 0.3 is 0 Å². The summed E-state index contributed by atoms with van der Waals surface area (Å²) in [5.74, 6) is 0. The first-order chi connectivity index (χ1) is 16.8. The molecular weight excluding hydrogens is 430 g/mol. The van der Waals surface area contributed by atoms with Gasteiger partial charge in [-0.2, -0.15) is 0 Å². The van der Waals surface area contributed by atoms with Crippen LogP contribution >= 0.6 is 0 Å². The third-order valence-electron chi connectivity index (χ3n) is 6.65. The van der Waals surface area contributed by atoms with Gasteiger partial charge in [0.25, 0.3) is 0 Å². The molecule has 0 bridgehead atoms. The Labute approximate surface area is 204 Å². The first-order valence-corrected chi connectivity index (χ1v) is 11.9. The van der Waals surface area contributed by atoms with Crippen molar-refractivity contribution >= 4 is 32.8 Å². The first kappa shape index (κ1) is 21.5. The maximum Gasteiger partial charge on any atom is 0.180 e. The maximum atomic E-state index is 6.43. The molecule has 0 aliphatic rings. The summed E-state index contributed by atoms with van der Waals surface area (Å²) in [6, 6.07) is 23.6. The number of hydrogen-bond donors (Lipinski definition) is 0. The van der Waals surface area contributed by atoms with Crippen LogP contribution in [0.4, 0.5) is 0 Å². The number of rotatable bonds is 2. The van der Waals surface area contributed by atoms with Crippen LogP contribution in [-0.4, -0.2) is 15.0 Å². The topological polar surface area (TPSA) is 51.8 Å². The van der Waals surface area contributed by atoms with Gasteiger partial charge in [-0.15, -0.1) is 0 Å². The number of pyridine rings is 1. The van der Waals surface area contributed by atoms with Gasteiger partial charge < -0.3 is 4.42 Å². The van der Waals surface area contributed by atoms with Crippen molar-refractivity contribution in [2.45, 2.75) is 40.0 Å². The number of aromatic nitrogens is 3. The van der Waals surface area contributed by atoms with Crippen LogP contribution in [0.3, 0.4) is 0 Å². The molecule has 3 aromatic heterocycles. The van der Waals surface area contributed by atoms with Gasteiger partial charge in [0, 0.05) is 22.3 Å². The number of hydrogen-bond acceptors (Lipinski definition) is 4. The molecular formula is C31H27N3O. The van der Waals surface area contributed by atoms with Crippen molar-refractivity contribution in [1.82, 2.24) is 15.0 Å². The van der Waals surface area contributed by atoms with Gasteiger partial charge in [0.05, 0.1) is 0 Å². The number of furan rings is 1. The van der Waals surface area contributed by atoms with Crippen LogP contribution in [0.2, 0.25) is 0 Å². The lowest BCUT2D eigenvalue weighted by molar-refractivity contribution is 0.587. The van der Waals surface area contributed by atoms with Gasteiger partial charge in [-0.1, -0.05) is 51.1 Å². The summed E-state index contributed by atoms with van der Waals surface area (Å²) in [4.78, 5) is 13.9. The molecule has 0 aliphatic carbocycles. The fourth-order valence-corrected chi connectivity index (χ4v) is 4.92. The Bertz CT molecular complexity index is 1740. The third kappa shape index (κ3) is 3.66. The Morgan fingerprint density at radius 3 is 2.29 bits per heavy atom. The lowest BCUT2D eigenvalue weighted by atomic mass is 9.87. The smallest absolute Gasteiger partial charge is 0.180 e. The fraction of sp³-hybridized carbons (Fsp3) is 0.194. The van der Waals surface area contributed by atoms with Crippen molar-refractivity contribution in [2.75, 3.05) is 0 Å². The Morgan fingerprint density at radius 2 is 1.51 bits per heavy atom. The van der Waals surface area contributed by atoms with Gasteiger partial charge in [-0.05, 0) is 83.1 Å². The van der Waals surface area contributed by atoms with E-state index in [1.807, 2.05) is 13.8 Å². The maximum absolute atomic E-state index is 6.43. The van der Waals surface area contributed by atoms with Crippen LogP contribution in [-0.2, 0) is 5.41 Å². The monoisotopic (exact) mass is 457 g/mol. The van der Waals surface area contributed by atoms with Crippen molar-refractivity contribution in [3.63, 3.8) is 0 Å². The molecule has 3 aromatic carbocycles. The molecule has 0 amide bonds. The number of benzene rings is 3. The predicted octanol–water partition coefficient (Wildman–Crippen LogP) is 8.17. The standard InChI is InChI=1S/C31H27N3O/c1-18-12-21(13-19(2)34-18)26-15-22(14-20-8-6-7-9-24(20)26)28-30-29(33-17-32-28)25-11-10-23(31(3,4)5)16-27(25)35-30/h6-17H,1-5H3. The summed E-state index contributed by atoms with van der Waals surface area (Å²) >= 11 is 0. The minimum Gasteiger partial charge on any atom is -0.452 e. The second kappa shape index (κ2) is 7.74. The third-order valence-corrected chi connectivity index (χ3v) is 6.65. The molecule has 35 heavy (non-hydrogen) atoms. The molecule has 0 atom stereocenters. The van der Waals surface area contributed by atoms with Crippen molar-refractivity contribution in [3.8, 4) is 22.4 Å². The molecule has 6 rings (SSSR count). The Balaban J connectivity index is 1.63. The highest BCUT2D eigenvalue weighted by atomic mass is 16.3. The fourth-order valence-electron chi connectivity index (χ4n) is 4.92. The highest BCUT2D eigenvalue weighted by Crippen LogP contribution is 2.39. The molecule has 0 radical (unpaired) electrons. The Kier molecular flexibility index (Phi) is 4.75. The lowest BCUT2D eigenvalue weighted by Crippen LogP contribution is -2.10. The van der Waals surface area contributed by atoms with E-state index in [4.69, 9.17) is 9.40 Å². The summed E-state index contributed by atoms with van der Waals surface area (Å²) < 4.78 is 6.43. The molecule has 0 N–H and O–H groups in total. The normalized spacial score (nSPS) is 12.1. The summed E-state index contributed by atoms with van der Waals surface area (Å²) in [6.07, 6.45) is 1.64. The molecule has 0 fully saturated rings. The van der Waals surface area contributed by atoms with E-state index in [9.17, 15) is 0 Å². The first-order valence-electron chi connectivity index (χ1n) is 11.9. The number of fused-ring (bicyclic) bond motifs is 4. The second-order valence-corrected chi connectivity index (χ2v) is 10.3. The van der Waals surface area contributed by atoms with Gasteiger partial charge in [0.2, 0.25) is 0 Å². The summed E-state index contributed by atoms with van der Waals surface area (Å²) in [6.45, 7) is 10.7. The minimum absolute atomic E-state index is 0.0374. The number of aryl methyl sites for hydroxylation is 2. The van der Waals surface area contributed by atoms with Crippen LogP contribution in [0.15, 0.2) is 77.5 Å². The van der Waals surface area contributed by atoms with Gasteiger partial charge in [-0.25, -0.2) is 9.97 Å². The van der Waals surface area contributed by atoms with E-state index in [2.05, 4.69) is 97.5 Å². The molecule has 172 valence electrons. The molecule has 0 saturated heterocycles. The van der Waals surface area contributed by atoms with Gasteiger partial charge in [0.1, 0.15) is 23.1 Å². The Hall–Kier alpha value is -4.05. The average molecular weight is 458 g/mol. The molecule has 0 saturated carbocycles. The highest BCUT2D eigenvalue weighted by Gasteiger charge is 2.20. The number of nitrogens with zero attached hydrogens (tertiary/aromatic N) is 3. The van der Waals surface area contributed by atoms with Crippen LogP contribution in [0.1, 0.15) is 37.7 Å². The Morgan fingerprint density at radius 1 is 0.743 bits per heavy atom. The van der Waals surface area contributed by atoms with Crippen molar-refractivity contribution < 1.29 is 4.42 Å². The zero-order valence-electron chi connectivity index (χ0n) is 20.7. The summed E-state index contributed by atoms with van der Waals surface area (Å²) in [7, 11) is 0. The zero-order chi connectivity index (χ0) is 24.3. The largest absolute Gasteiger partial charge is 0.452 e. The van der Waals surface area contributed by atoms with E-state index in [0.717, 1.165) is 61.2 Å². The lowest BCUT2D eigenvalue weighted by Gasteiger charge is -2.18. The SMILES string of the molecule is Cc1cc(-c2cc(-c3ncnc4c3oc3cc(C(C)(C)C)ccc34)cc3ccccc23)cc(C)n1. The van der Waals surface area contributed by atoms with Crippen LogP contribution in [0, 0.1) is 13.8 Å². The average Bonchev–Trinajstić information content (AvgIpc) is 3.20. The van der Waals surface area contributed by atoms with E-state index < -0.39 is 0 Å². The van der Waals surface area contributed by atoms with E-state index in [-0.39, 0.29) is 5.41 Å². The van der Waals surface area contributed by atoms with Crippen molar-refractivity contribution in [1.29, 1.82) is 0 Å². The molecule has 0 aliphatic heterocycles. The zero-order valence-corrected chi connectivity index (χ0v) is 20.7. The van der Waals surface area contributed by atoms with Crippen LogP contribution < -0.4 is 0 Å². The summed E-state index contributed by atoms with van der Waals surface area (Å²) in [5.41, 5.74) is 9.80. The second-order valence-electron chi connectivity index (χ2n) is 10.3. The van der Waals surface area contributed by atoms with Gasteiger partial charge in [0.15, 0.2) is 5.58 Å². The van der Waals surface area contributed by atoms with E-state index in [0.29, 0.717) is 0 Å². The molecule has 6 aromatic rings. The molecule has 3 heterocycles. The van der Waals surface area contributed by atoms with Crippen LogP contribution in [0.5, 0.6) is 0 Å². The predicted molar refractivity (Wildman–Crippen MR) is 144 cm³/mol. The minimum atomic E-state index is 0.0374. The summed E-state index contributed by atoms with van der Waals surface area (Å²) in [5, 5.41) is 3.37. The van der Waals surface area contributed by atoms with Crippen molar-refractivity contribution in [3.05, 3.63) is 90.0 Å². The van der Waals surface area contributed by atoms with Gasteiger partial charge in [-0.3, -0.25) is 4.98 Å². The molecule has 4 nitrogen and oxygen atoms in total. The molecule has 0 unspecified atom stereocenters.